The molecule has 15 heavy (non-hydrogen) atoms. The van der Waals surface area contributed by atoms with Gasteiger partial charge in [0.25, 0.3) is 0 Å². The Morgan fingerprint density at radius 1 is 1.60 bits per heavy atom. The van der Waals surface area contributed by atoms with E-state index in [9.17, 15) is 9.59 Å². The van der Waals surface area contributed by atoms with E-state index in [0.29, 0.717) is 11.9 Å². The molecule has 0 saturated carbocycles. The van der Waals surface area contributed by atoms with Crippen molar-refractivity contribution in [3.05, 3.63) is 35.5 Å². The number of nitrogens with zero attached hydrogens (tertiary/aromatic N) is 1. The highest BCUT2D eigenvalue weighted by Crippen LogP contribution is 2.28. The lowest BCUT2D eigenvalue weighted by Crippen LogP contribution is -2.20. The van der Waals surface area contributed by atoms with E-state index in [1.54, 1.807) is 19.1 Å². The number of ketones is 1. The lowest BCUT2D eigenvalue weighted by atomic mass is 9.84. The van der Waals surface area contributed by atoms with Gasteiger partial charge in [-0.2, -0.15) is 5.26 Å². The van der Waals surface area contributed by atoms with E-state index in [-0.39, 0.29) is 11.4 Å². The number of allylic oxidation sites excluding steroid dienone is 6. The smallest absolute Gasteiger partial charge is 0.151 e. The largest absolute Gasteiger partial charge is 0.299 e. The van der Waals surface area contributed by atoms with Crippen molar-refractivity contribution in [1.82, 2.24) is 0 Å². The maximum absolute atomic E-state index is 11.4. The fourth-order valence-corrected chi connectivity index (χ4v) is 1.29. The highest BCUT2D eigenvalue weighted by molar-refractivity contribution is 5.89. The van der Waals surface area contributed by atoms with Crippen LogP contribution < -0.4 is 0 Å². The molecule has 1 aliphatic rings. The number of Topliss-reactive ketones (excluding diaryl/α,β-unsaturated/α-hetero) is 1. The second-order valence-electron chi connectivity index (χ2n) is 3.61. The minimum atomic E-state index is -0.799. The summed E-state index contributed by atoms with van der Waals surface area (Å²) in [4.78, 5) is 22.1. The highest BCUT2D eigenvalue weighted by Gasteiger charge is 2.26. The molecule has 0 amide bonds. The van der Waals surface area contributed by atoms with Gasteiger partial charge in [0.15, 0.2) is 6.29 Å². The van der Waals surface area contributed by atoms with Gasteiger partial charge in [0, 0.05) is 5.57 Å². The van der Waals surface area contributed by atoms with Gasteiger partial charge in [-0.15, -0.1) is 0 Å². The standard InChI is InChI=1S/C12H11NO2/c1-9(15)12(2)5-3-4-10(8-14)11(6-12)7-13/h3-6,8H,1-2H3. The first kappa shape index (κ1) is 11.1. The van der Waals surface area contributed by atoms with Crippen molar-refractivity contribution in [2.45, 2.75) is 13.8 Å². The Morgan fingerprint density at radius 3 is 2.73 bits per heavy atom. The van der Waals surface area contributed by atoms with Gasteiger partial charge < -0.3 is 0 Å². The van der Waals surface area contributed by atoms with Crippen LogP contribution in [0.25, 0.3) is 0 Å². The van der Waals surface area contributed by atoms with Crippen LogP contribution in [-0.4, -0.2) is 12.1 Å². The van der Waals surface area contributed by atoms with E-state index in [2.05, 4.69) is 0 Å². The zero-order valence-electron chi connectivity index (χ0n) is 8.65. The minimum Gasteiger partial charge on any atom is -0.299 e. The molecule has 3 nitrogen and oxygen atoms in total. The van der Waals surface area contributed by atoms with E-state index in [1.165, 1.54) is 19.1 Å². The van der Waals surface area contributed by atoms with Gasteiger partial charge in [-0.1, -0.05) is 18.2 Å². The number of hydrogen-bond acceptors (Lipinski definition) is 3. The number of nitriles is 1. The zero-order chi connectivity index (χ0) is 11.5. The molecular formula is C12H11NO2. The SMILES string of the molecule is CC(=O)C1(C)C=CC=C(C=O)C(C#N)=C1. The quantitative estimate of drug-likeness (QED) is 0.639. The molecule has 1 aliphatic carbocycles. The molecule has 0 aromatic carbocycles. The van der Waals surface area contributed by atoms with Crippen LogP contribution in [0.4, 0.5) is 0 Å². The molecule has 0 fully saturated rings. The van der Waals surface area contributed by atoms with Gasteiger partial charge in [-0.25, -0.2) is 0 Å². The number of hydrogen-bond donors (Lipinski definition) is 0. The second-order valence-corrected chi connectivity index (χ2v) is 3.61. The first-order chi connectivity index (χ1) is 7.03. The van der Waals surface area contributed by atoms with E-state index in [0.717, 1.165) is 0 Å². The van der Waals surface area contributed by atoms with Gasteiger partial charge in [0.1, 0.15) is 5.78 Å². The van der Waals surface area contributed by atoms with Crippen LogP contribution in [0, 0.1) is 16.7 Å². The van der Waals surface area contributed by atoms with Crippen LogP contribution >= 0.6 is 0 Å². The average molecular weight is 201 g/mol. The Bertz CT molecular complexity index is 435. The molecular weight excluding hydrogens is 190 g/mol. The molecule has 76 valence electrons. The third-order valence-electron chi connectivity index (χ3n) is 2.48. The normalized spacial score (nSPS) is 24.6. The first-order valence-corrected chi connectivity index (χ1v) is 4.52. The van der Waals surface area contributed by atoms with Crippen molar-refractivity contribution in [1.29, 1.82) is 5.26 Å². The van der Waals surface area contributed by atoms with Crippen molar-refractivity contribution < 1.29 is 9.59 Å². The van der Waals surface area contributed by atoms with Gasteiger partial charge in [0.2, 0.25) is 0 Å². The number of rotatable bonds is 2. The Hall–Kier alpha value is -1.95. The van der Waals surface area contributed by atoms with Crippen LogP contribution in [0.1, 0.15) is 13.8 Å². The van der Waals surface area contributed by atoms with E-state index in [1.807, 2.05) is 6.07 Å². The summed E-state index contributed by atoms with van der Waals surface area (Å²) in [6.07, 6.45) is 7.00. The number of carbonyl (C=O) groups excluding carboxylic acids is 2. The van der Waals surface area contributed by atoms with Gasteiger partial charge in [-0.05, 0) is 19.9 Å². The van der Waals surface area contributed by atoms with Crippen LogP contribution in [-0.2, 0) is 9.59 Å². The lowest BCUT2D eigenvalue weighted by Gasteiger charge is -2.17. The molecule has 0 bridgehead atoms. The fourth-order valence-electron chi connectivity index (χ4n) is 1.29. The minimum absolute atomic E-state index is 0.0629. The van der Waals surface area contributed by atoms with E-state index >= 15 is 0 Å². The molecule has 0 saturated heterocycles. The average Bonchev–Trinajstić information content (AvgIpc) is 2.37. The monoisotopic (exact) mass is 201 g/mol. The molecule has 1 rings (SSSR count). The third-order valence-corrected chi connectivity index (χ3v) is 2.48. The summed E-state index contributed by atoms with van der Waals surface area (Å²) >= 11 is 0. The predicted molar refractivity (Wildman–Crippen MR) is 55.8 cm³/mol. The van der Waals surface area contributed by atoms with Crippen molar-refractivity contribution in [2.24, 2.45) is 5.41 Å². The summed E-state index contributed by atoms with van der Waals surface area (Å²) in [6, 6.07) is 1.92. The summed E-state index contributed by atoms with van der Waals surface area (Å²) in [5.74, 6) is -0.0629. The number of carbonyl (C=O) groups is 2. The van der Waals surface area contributed by atoms with Gasteiger partial charge >= 0.3 is 0 Å². The summed E-state index contributed by atoms with van der Waals surface area (Å²) in [5.41, 5.74) is -0.252. The summed E-state index contributed by atoms with van der Waals surface area (Å²) in [7, 11) is 0. The van der Waals surface area contributed by atoms with Gasteiger partial charge in [-0.3, -0.25) is 9.59 Å². The Balaban J connectivity index is 3.31. The van der Waals surface area contributed by atoms with Crippen molar-refractivity contribution in [3.8, 4) is 6.07 Å². The van der Waals surface area contributed by atoms with E-state index in [4.69, 9.17) is 5.26 Å². The molecule has 0 aliphatic heterocycles. The molecule has 0 aromatic heterocycles. The maximum Gasteiger partial charge on any atom is 0.151 e. The van der Waals surface area contributed by atoms with Crippen molar-refractivity contribution in [3.63, 3.8) is 0 Å². The summed E-state index contributed by atoms with van der Waals surface area (Å²) < 4.78 is 0. The Labute approximate surface area is 88.4 Å². The summed E-state index contributed by atoms with van der Waals surface area (Å²) in [6.45, 7) is 3.17. The predicted octanol–water partition coefficient (Wildman–Crippen LogP) is 1.73. The second kappa shape index (κ2) is 4.05. The molecule has 0 spiro atoms. The third kappa shape index (κ3) is 2.10. The molecule has 0 heterocycles. The molecule has 0 radical (unpaired) electrons. The molecule has 0 aromatic rings. The number of aldehydes is 1. The maximum atomic E-state index is 11.4. The zero-order valence-corrected chi connectivity index (χ0v) is 8.65. The summed E-state index contributed by atoms with van der Waals surface area (Å²) in [5, 5.41) is 8.87. The van der Waals surface area contributed by atoms with E-state index < -0.39 is 5.41 Å². The Morgan fingerprint density at radius 2 is 2.27 bits per heavy atom. The molecule has 3 heteroatoms. The fraction of sp³-hybridized carbons (Fsp3) is 0.250. The first-order valence-electron chi connectivity index (χ1n) is 4.52. The molecule has 1 atom stereocenters. The van der Waals surface area contributed by atoms with Crippen LogP contribution in [0.2, 0.25) is 0 Å². The molecule has 1 unspecified atom stereocenters. The van der Waals surface area contributed by atoms with Crippen molar-refractivity contribution in [2.75, 3.05) is 0 Å². The highest BCUT2D eigenvalue weighted by atomic mass is 16.1. The van der Waals surface area contributed by atoms with Crippen LogP contribution in [0.5, 0.6) is 0 Å². The molecule has 0 N–H and O–H groups in total. The van der Waals surface area contributed by atoms with Crippen molar-refractivity contribution >= 4 is 12.1 Å². The van der Waals surface area contributed by atoms with Crippen LogP contribution in [0.15, 0.2) is 35.5 Å². The topological polar surface area (TPSA) is 57.9 Å². The Kier molecular flexibility index (Phi) is 3.01. The lowest BCUT2D eigenvalue weighted by molar-refractivity contribution is -0.121. The van der Waals surface area contributed by atoms with Gasteiger partial charge in [0.05, 0.1) is 17.1 Å². The van der Waals surface area contributed by atoms with Crippen LogP contribution in [0.3, 0.4) is 0 Å².